The highest BCUT2D eigenvalue weighted by Gasteiger charge is 2.27. The van der Waals surface area contributed by atoms with Gasteiger partial charge in [0.25, 0.3) is 5.91 Å². The molecule has 2 heterocycles. The van der Waals surface area contributed by atoms with Gasteiger partial charge in [0.15, 0.2) is 0 Å². The van der Waals surface area contributed by atoms with E-state index >= 15 is 0 Å². The van der Waals surface area contributed by atoms with Gasteiger partial charge in [-0.15, -0.1) is 0 Å². The van der Waals surface area contributed by atoms with Gasteiger partial charge in [-0.25, -0.2) is 0 Å². The Kier molecular flexibility index (Phi) is 5.85. The van der Waals surface area contributed by atoms with Crippen LogP contribution in [0, 0.1) is 0 Å². The number of carbonyl (C=O) groups is 1. The first-order valence-electron chi connectivity index (χ1n) is 8.61. The molecule has 0 saturated carbocycles. The zero-order valence-electron chi connectivity index (χ0n) is 14.4. The molecule has 3 rings (SSSR count). The number of furan rings is 1. The number of hydrogen-bond acceptors (Lipinski definition) is 4. The third-order valence-corrected chi connectivity index (χ3v) is 4.37. The Morgan fingerprint density at radius 1 is 1.28 bits per heavy atom. The van der Waals surface area contributed by atoms with Gasteiger partial charge in [-0.05, 0) is 19.1 Å². The van der Waals surface area contributed by atoms with Crippen molar-refractivity contribution in [2.45, 2.75) is 19.6 Å². The summed E-state index contributed by atoms with van der Waals surface area (Å²) in [7, 11) is 0. The smallest absolute Gasteiger partial charge is 0.266 e. The van der Waals surface area contributed by atoms with Crippen LogP contribution in [0.1, 0.15) is 18.2 Å². The molecule has 0 aliphatic carbocycles. The first-order chi connectivity index (χ1) is 12.2. The number of rotatable bonds is 6. The van der Waals surface area contributed by atoms with E-state index < -0.39 is 6.10 Å². The van der Waals surface area contributed by atoms with Crippen LogP contribution in [0.3, 0.4) is 0 Å². The summed E-state index contributed by atoms with van der Waals surface area (Å²) in [5.74, 6) is 0.577. The summed E-state index contributed by atoms with van der Waals surface area (Å²) in [5, 5.41) is 3.83. The Hall–Kier alpha value is -2.60. The molecule has 0 bridgehead atoms. The SMILES string of the molecule is C[C@@H](O/N=C\c1ccco1)C(=O)N1CC[NH+](Cc2ccccc2)CC1. The molecule has 6 heteroatoms. The molecule has 1 N–H and O–H groups in total. The van der Waals surface area contributed by atoms with Gasteiger partial charge in [0.05, 0.1) is 32.4 Å². The Balaban J connectivity index is 1.43. The fraction of sp³-hybridized carbons (Fsp3) is 0.368. The molecule has 1 aromatic carbocycles. The highest BCUT2D eigenvalue weighted by Crippen LogP contribution is 2.03. The molecule has 1 atom stereocenters. The lowest BCUT2D eigenvalue weighted by atomic mass is 10.2. The maximum atomic E-state index is 12.4. The van der Waals surface area contributed by atoms with Crippen LogP contribution < -0.4 is 4.90 Å². The van der Waals surface area contributed by atoms with E-state index in [0.717, 1.165) is 32.7 Å². The summed E-state index contributed by atoms with van der Waals surface area (Å²) >= 11 is 0. The van der Waals surface area contributed by atoms with Gasteiger partial charge in [0, 0.05) is 5.56 Å². The molecular formula is C19H24N3O3+. The molecule has 1 aromatic heterocycles. The number of benzene rings is 1. The van der Waals surface area contributed by atoms with Crippen LogP contribution in [0.5, 0.6) is 0 Å². The monoisotopic (exact) mass is 342 g/mol. The molecular weight excluding hydrogens is 318 g/mol. The third kappa shape index (κ3) is 4.93. The zero-order valence-corrected chi connectivity index (χ0v) is 14.4. The molecule has 6 nitrogen and oxygen atoms in total. The van der Waals surface area contributed by atoms with Gasteiger partial charge in [-0.1, -0.05) is 35.5 Å². The Morgan fingerprint density at radius 2 is 2.04 bits per heavy atom. The van der Waals surface area contributed by atoms with Crippen molar-refractivity contribution in [3.63, 3.8) is 0 Å². The standard InChI is InChI=1S/C19H23N3O3/c1-16(25-20-14-18-8-5-13-24-18)19(23)22-11-9-21(10-12-22)15-17-6-3-2-4-7-17/h2-8,13-14,16H,9-12,15H2,1H3/p+1/b20-14-/t16-/m1/s1. The van der Waals surface area contributed by atoms with Gasteiger partial charge in [-0.3, -0.25) is 4.79 Å². The average molecular weight is 342 g/mol. The fourth-order valence-corrected chi connectivity index (χ4v) is 2.95. The molecule has 1 saturated heterocycles. The van der Waals surface area contributed by atoms with Crippen molar-refractivity contribution in [1.82, 2.24) is 4.90 Å². The molecule has 0 spiro atoms. The maximum Gasteiger partial charge on any atom is 0.266 e. The van der Waals surface area contributed by atoms with E-state index in [4.69, 9.17) is 9.25 Å². The van der Waals surface area contributed by atoms with Gasteiger partial charge in [0.2, 0.25) is 6.10 Å². The fourth-order valence-electron chi connectivity index (χ4n) is 2.95. The summed E-state index contributed by atoms with van der Waals surface area (Å²) in [4.78, 5) is 21.1. The number of nitrogens with zero attached hydrogens (tertiary/aromatic N) is 2. The molecule has 1 aliphatic heterocycles. The first-order valence-corrected chi connectivity index (χ1v) is 8.61. The minimum absolute atomic E-state index is 0.0182. The van der Waals surface area contributed by atoms with Gasteiger partial charge < -0.3 is 19.1 Å². The predicted octanol–water partition coefficient (Wildman–Crippen LogP) is 0.946. The van der Waals surface area contributed by atoms with Gasteiger partial charge >= 0.3 is 0 Å². The van der Waals surface area contributed by atoms with Crippen molar-refractivity contribution in [1.29, 1.82) is 0 Å². The summed E-state index contributed by atoms with van der Waals surface area (Å²) < 4.78 is 5.13. The van der Waals surface area contributed by atoms with Crippen LogP contribution in [0.4, 0.5) is 0 Å². The minimum atomic E-state index is -0.595. The van der Waals surface area contributed by atoms with Crippen LogP contribution in [-0.4, -0.2) is 49.3 Å². The molecule has 25 heavy (non-hydrogen) atoms. The van der Waals surface area contributed by atoms with Crippen LogP contribution in [0.25, 0.3) is 0 Å². The zero-order chi connectivity index (χ0) is 17.5. The van der Waals surface area contributed by atoms with Gasteiger partial charge in [-0.2, -0.15) is 0 Å². The van der Waals surface area contributed by atoms with Crippen molar-refractivity contribution in [3.8, 4) is 0 Å². The summed E-state index contributed by atoms with van der Waals surface area (Å²) in [6.45, 7) is 6.12. The molecule has 1 fully saturated rings. The quantitative estimate of drug-likeness (QED) is 0.628. The van der Waals surface area contributed by atoms with E-state index in [1.165, 1.54) is 16.7 Å². The van der Waals surface area contributed by atoms with Crippen LogP contribution >= 0.6 is 0 Å². The number of amides is 1. The van der Waals surface area contributed by atoms with E-state index in [2.05, 4.69) is 29.4 Å². The van der Waals surface area contributed by atoms with Crippen molar-refractivity contribution in [2.75, 3.05) is 26.2 Å². The van der Waals surface area contributed by atoms with Crippen molar-refractivity contribution in [2.24, 2.45) is 5.16 Å². The second kappa shape index (κ2) is 8.48. The second-order valence-electron chi connectivity index (χ2n) is 6.24. The number of hydrogen-bond donors (Lipinski definition) is 1. The topological polar surface area (TPSA) is 59.5 Å². The summed E-state index contributed by atoms with van der Waals surface area (Å²) in [6.07, 6.45) is 2.43. The van der Waals surface area contributed by atoms with Crippen molar-refractivity contribution >= 4 is 12.1 Å². The number of quaternary nitrogens is 1. The number of nitrogens with one attached hydrogen (secondary N) is 1. The number of carbonyl (C=O) groups excluding carboxylic acids is 1. The van der Waals surface area contributed by atoms with E-state index in [-0.39, 0.29) is 5.91 Å². The highest BCUT2D eigenvalue weighted by atomic mass is 16.6. The summed E-state index contributed by atoms with van der Waals surface area (Å²) in [5.41, 5.74) is 1.33. The molecule has 132 valence electrons. The van der Waals surface area contributed by atoms with Crippen molar-refractivity contribution in [3.05, 3.63) is 60.1 Å². The van der Waals surface area contributed by atoms with Gasteiger partial charge in [0.1, 0.15) is 18.5 Å². The van der Waals surface area contributed by atoms with E-state index in [1.807, 2.05) is 11.0 Å². The number of piperazine rings is 1. The largest absolute Gasteiger partial charge is 0.463 e. The first kappa shape index (κ1) is 17.2. The lowest BCUT2D eigenvalue weighted by molar-refractivity contribution is -0.917. The lowest BCUT2D eigenvalue weighted by Gasteiger charge is -2.33. The average Bonchev–Trinajstić information content (AvgIpc) is 3.16. The van der Waals surface area contributed by atoms with Crippen LogP contribution in [0.2, 0.25) is 0 Å². The van der Waals surface area contributed by atoms with Crippen molar-refractivity contribution < 1.29 is 18.9 Å². The third-order valence-electron chi connectivity index (χ3n) is 4.37. The minimum Gasteiger partial charge on any atom is -0.463 e. The molecule has 1 amide bonds. The lowest BCUT2D eigenvalue weighted by Crippen LogP contribution is -3.13. The number of oxime groups is 1. The van der Waals surface area contributed by atoms with E-state index in [0.29, 0.717) is 5.76 Å². The molecule has 0 unspecified atom stereocenters. The highest BCUT2D eigenvalue weighted by molar-refractivity contribution is 5.81. The Morgan fingerprint density at radius 3 is 2.72 bits per heavy atom. The molecule has 2 aromatic rings. The van der Waals surface area contributed by atoms with Crippen LogP contribution in [-0.2, 0) is 16.2 Å². The Bertz CT molecular complexity index is 677. The second-order valence-corrected chi connectivity index (χ2v) is 6.24. The molecule has 0 radical (unpaired) electrons. The van der Waals surface area contributed by atoms with E-state index in [9.17, 15) is 4.79 Å². The Labute approximate surface area is 147 Å². The predicted molar refractivity (Wildman–Crippen MR) is 94.3 cm³/mol. The van der Waals surface area contributed by atoms with Crippen LogP contribution in [0.15, 0.2) is 58.3 Å². The normalized spacial score (nSPS) is 16.9. The summed E-state index contributed by atoms with van der Waals surface area (Å²) in [6, 6.07) is 14.0. The van der Waals surface area contributed by atoms with E-state index in [1.54, 1.807) is 25.3 Å². The maximum absolute atomic E-state index is 12.4. The molecule has 1 aliphatic rings.